The second kappa shape index (κ2) is 9.62. The van der Waals surface area contributed by atoms with E-state index >= 15 is 0 Å². The maximum absolute atomic E-state index is 13.3. The van der Waals surface area contributed by atoms with E-state index in [1.165, 1.54) is 0 Å². The number of hydrogen-bond acceptors (Lipinski definition) is 3. The highest BCUT2D eigenvalue weighted by atomic mass is 16.2. The lowest BCUT2D eigenvalue weighted by Crippen LogP contribution is -2.34. The quantitative estimate of drug-likeness (QED) is 0.411. The molecule has 2 atom stereocenters. The predicted molar refractivity (Wildman–Crippen MR) is 129 cm³/mol. The molecule has 4 rings (SSSR count). The van der Waals surface area contributed by atoms with Crippen molar-refractivity contribution in [1.82, 2.24) is 14.9 Å². The molecule has 0 aliphatic heterocycles. The molecular formula is C27H28N4O. The van der Waals surface area contributed by atoms with Crippen molar-refractivity contribution in [3.8, 4) is 5.69 Å². The molecule has 162 valence electrons. The van der Waals surface area contributed by atoms with Crippen LogP contribution in [0.5, 0.6) is 0 Å². The second-order valence-electron chi connectivity index (χ2n) is 8.16. The van der Waals surface area contributed by atoms with Crippen LogP contribution in [-0.2, 0) is 4.79 Å². The van der Waals surface area contributed by atoms with Crippen LogP contribution in [0.25, 0.3) is 5.69 Å². The Morgan fingerprint density at radius 1 is 0.906 bits per heavy atom. The molecule has 0 aliphatic rings. The Bertz CT molecular complexity index is 1150. The van der Waals surface area contributed by atoms with Gasteiger partial charge in [0.1, 0.15) is 6.04 Å². The molecule has 3 aromatic carbocycles. The third kappa shape index (κ3) is 5.13. The molecule has 0 unspecified atom stereocenters. The second-order valence-corrected chi connectivity index (χ2v) is 8.16. The van der Waals surface area contributed by atoms with Crippen LogP contribution in [0, 0.1) is 13.8 Å². The lowest BCUT2D eigenvalue weighted by Gasteiger charge is -2.24. The molecule has 2 N–H and O–H groups in total. The molecule has 5 nitrogen and oxygen atoms in total. The minimum atomic E-state index is -0.486. The number of aryl methyl sites for hydroxylation is 2. The summed E-state index contributed by atoms with van der Waals surface area (Å²) in [6, 6.07) is 23.7. The third-order valence-electron chi connectivity index (χ3n) is 5.50. The van der Waals surface area contributed by atoms with Crippen molar-refractivity contribution >= 4 is 11.6 Å². The van der Waals surface area contributed by atoms with Gasteiger partial charge in [0, 0.05) is 29.8 Å². The molecule has 1 heterocycles. The summed E-state index contributed by atoms with van der Waals surface area (Å²) < 4.78 is 1.96. The van der Waals surface area contributed by atoms with E-state index in [2.05, 4.69) is 52.9 Å². The van der Waals surface area contributed by atoms with Gasteiger partial charge < -0.3 is 9.88 Å². The number of aromatic nitrogens is 2. The monoisotopic (exact) mass is 424 g/mol. The standard InChI is InChI=1S/C27H28N4O/c1-19-15-20(2)17-24(16-19)30-27(32)26(23-7-5-4-6-8-23)29-21(3)22-9-11-25(12-10-22)31-14-13-28-18-31/h4-18,21,26,29H,1-3H3,(H,30,32)/t21-,26-/m0/s1. The summed E-state index contributed by atoms with van der Waals surface area (Å²) in [4.78, 5) is 17.4. The number of carbonyl (C=O) groups is 1. The Kier molecular flexibility index (Phi) is 6.47. The Hall–Kier alpha value is -3.70. The van der Waals surface area contributed by atoms with Gasteiger partial charge in [0.15, 0.2) is 0 Å². The largest absolute Gasteiger partial charge is 0.324 e. The zero-order valence-electron chi connectivity index (χ0n) is 18.6. The molecule has 0 spiro atoms. The zero-order chi connectivity index (χ0) is 22.5. The van der Waals surface area contributed by atoms with Gasteiger partial charge in [-0.05, 0) is 67.3 Å². The summed E-state index contributed by atoms with van der Waals surface area (Å²) in [5.74, 6) is -0.0805. The van der Waals surface area contributed by atoms with Crippen LogP contribution in [0.15, 0.2) is 91.5 Å². The van der Waals surface area contributed by atoms with Gasteiger partial charge in [0.25, 0.3) is 0 Å². The first kappa shape index (κ1) is 21.5. The van der Waals surface area contributed by atoms with Gasteiger partial charge in [0.05, 0.1) is 6.33 Å². The minimum absolute atomic E-state index is 0.0259. The van der Waals surface area contributed by atoms with Crippen molar-refractivity contribution in [2.45, 2.75) is 32.9 Å². The van der Waals surface area contributed by atoms with Crippen molar-refractivity contribution < 1.29 is 4.79 Å². The number of hydrogen-bond donors (Lipinski definition) is 2. The van der Waals surface area contributed by atoms with Crippen molar-refractivity contribution in [3.05, 3.63) is 114 Å². The van der Waals surface area contributed by atoms with E-state index in [0.29, 0.717) is 0 Å². The molecule has 0 radical (unpaired) electrons. The summed E-state index contributed by atoms with van der Waals surface area (Å²) in [7, 11) is 0. The molecule has 32 heavy (non-hydrogen) atoms. The van der Waals surface area contributed by atoms with Crippen LogP contribution in [0.3, 0.4) is 0 Å². The normalized spacial score (nSPS) is 12.8. The number of nitrogens with one attached hydrogen (secondary N) is 2. The van der Waals surface area contributed by atoms with Crippen LogP contribution in [0.2, 0.25) is 0 Å². The molecule has 0 saturated carbocycles. The number of amides is 1. The van der Waals surface area contributed by atoms with E-state index in [0.717, 1.165) is 33.6 Å². The predicted octanol–water partition coefficient (Wildman–Crippen LogP) is 5.52. The summed E-state index contributed by atoms with van der Waals surface area (Å²) in [6.45, 7) is 6.14. The summed E-state index contributed by atoms with van der Waals surface area (Å²) in [5, 5.41) is 6.62. The number of carbonyl (C=O) groups excluding carboxylic acids is 1. The van der Waals surface area contributed by atoms with Crippen LogP contribution in [0.1, 0.15) is 41.3 Å². The number of rotatable bonds is 7. The van der Waals surface area contributed by atoms with E-state index in [1.807, 2.05) is 67.1 Å². The maximum Gasteiger partial charge on any atom is 0.246 e. The van der Waals surface area contributed by atoms with Crippen LogP contribution in [-0.4, -0.2) is 15.5 Å². The number of anilines is 1. The zero-order valence-corrected chi connectivity index (χ0v) is 18.6. The summed E-state index contributed by atoms with van der Waals surface area (Å²) in [6.07, 6.45) is 5.45. The SMILES string of the molecule is Cc1cc(C)cc(NC(=O)[C@@H](N[C@@H](C)c2ccc(-n3ccnc3)cc2)c2ccccc2)c1. The fourth-order valence-corrected chi connectivity index (χ4v) is 3.92. The van der Waals surface area contributed by atoms with E-state index in [-0.39, 0.29) is 11.9 Å². The Morgan fingerprint density at radius 2 is 1.59 bits per heavy atom. The first-order valence-corrected chi connectivity index (χ1v) is 10.8. The van der Waals surface area contributed by atoms with Gasteiger partial charge in [-0.2, -0.15) is 0 Å². The molecule has 0 bridgehead atoms. The molecule has 1 amide bonds. The number of imidazole rings is 1. The van der Waals surface area contributed by atoms with Crippen LogP contribution < -0.4 is 10.6 Å². The van der Waals surface area contributed by atoms with Crippen LogP contribution >= 0.6 is 0 Å². The summed E-state index contributed by atoms with van der Waals surface area (Å²) >= 11 is 0. The fourth-order valence-electron chi connectivity index (χ4n) is 3.92. The van der Waals surface area contributed by atoms with Crippen molar-refractivity contribution in [2.75, 3.05) is 5.32 Å². The average Bonchev–Trinajstić information content (AvgIpc) is 3.32. The topological polar surface area (TPSA) is 59.0 Å². The lowest BCUT2D eigenvalue weighted by atomic mass is 10.0. The maximum atomic E-state index is 13.3. The number of nitrogens with zero attached hydrogens (tertiary/aromatic N) is 2. The third-order valence-corrected chi connectivity index (χ3v) is 5.50. The molecule has 4 aromatic rings. The first-order valence-electron chi connectivity index (χ1n) is 10.8. The molecule has 0 aliphatic carbocycles. The van der Waals surface area contributed by atoms with Gasteiger partial charge in [0.2, 0.25) is 5.91 Å². The molecule has 0 saturated heterocycles. The van der Waals surface area contributed by atoms with Gasteiger partial charge in [-0.15, -0.1) is 0 Å². The molecule has 5 heteroatoms. The molecule has 0 fully saturated rings. The van der Waals surface area contributed by atoms with Gasteiger partial charge in [-0.1, -0.05) is 48.5 Å². The Balaban J connectivity index is 1.54. The van der Waals surface area contributed by atoms with E-state index < -0.39 is 6.04 Å². The van der Waals surface area contributed by atoms with E-state index in [1.54, 1.807) is 12.5 Å². The highest BCUT2D eigenvalue weighted by Gasteiger charge is 2.23. The highest BCUT2D eigenvalue weighted by Crippen LogP contribution is 2.23. The summed E-state index contributed by atoms with van der Waals surface area (Å²) in [5.41, 5.74) is 6.13. The smallest absolute Gasteiger partial charge is 0.246 e. The Morgan fingerprint density at radius 3 is 2.22 bits per heavy atom. The molecular weight excluding hydrogens is 396 g/mol. The average molecular weight is 425 g/mol. The van der Waals surface area contributed by atoms with Crippen LogP contribution in [0.4, 0.5) is 5.69 Å². The highest BCUT2D eigenvalue weighted by molar-refractivity contribution is 5.95. The van der Waals surface area contributed by atoms with E-state index in [9.17, 15) is 4.79 Å². The van der Waals surface area contributed by atoms with Crippen molar-refractivity contribution in [3.63, 3.8) is 0 Å². The fraction of sp³-hybridized carbons (Fsp3) is 0.185. The minimum Gasteiger partial charge on any atom is -0.324 e. The lowest BCUT2D eigenvalue weighted by molar-refractivity contribution is -0.118. The van der Waals surface area contributed by atoms with Gasteiger partial charge >= 0.3 is 0 Å². The van der Waals surface area contributed by atoms with Gasteiger partial charge in [-0.25, -0.2) is 4.98 Å². The Labute approximate surface area is 189 Å². The molecule has 1 aromatic heterocycles. The number of benzene rings is 3. The van der Waals surface area contributed by atoms with Gasteiger partial charge in [-0.3, -0.25) is 10.1 Å². The van der Waals surface area contributed by atoms with Crippen molar-refractivity contribution in [2.24, 2.45) is 0 Å². The van der Waals surface area contributed by atoms with Crippen molar-refractivity contribution in [1.29, 1.82) is 0 Å². The van der Waals surface area contributed by atoms with E-state index in [4.69, 9.17) is 0 Å². The first-order chi connectivity index (χ1) is 15.5.